The molecule has 3 rings (SSSR count). The van der Waals surface area contributed by atoms with E-state index >= 15 is 0 Å². The van der Waals surface area contributed by atoms with Gasteiger partial charge in [-0.2, -0.15) is 9.78 Å². The van der Waals surface area contributed by atoms with Crippen molar-refractivity contribution in [3.63, 3.8) is 0 Å². The second-order valence-electron chi connectivity index (χ2n) is 5.15. The Kier molecular flexibility index (Phi) is 4.16. The molecule has 1 aromatic rings. The number of hydrogen-bond donors (Lipinski definition) is 0. The molecule has 1 saturated carbocycles. The van der Waals surface area contributed by atoms with Crippen LogP contribution in [0.2, 0.25) is 0 Å². The molecule has 0 N–H and O–H groups in total. The molecule has 0 unspecified atom stereocenters. The summed E-state index contributed by atoms with van der Waals surface area (Å²) in [6.07, 6.45) is 4.74. The van der Waals surface area contributed by atoms with Gasteiger partial charge in [-0.15, -0.1) is 0 Å². The van der Waals surface area contributed by atoms with Gasteiger partial charge in [0.25, 0.3) is 0 Å². The Morgan fingerprint density at radius 1 is 1.00 bits per heavy atom. The van der Waals surface area contributed by atoms with Crippen LogP contribution in [-0.4, -0.2) is 19.2 Å². The van der Waals surface area contributed by atoms with Crippen LogP contribution in [0, 0.1) is 5.82 Å². The third-order valence-corrected chi connectivity index (χ3v) is 3.63. The minimum atomic E-state index is -0.785. The van der Waals surface area contributed by atoms with Gasteiger partial charge >= 0.3 is 0 Å². The number of benzene rings is 1. The van der Waals surface area contributed by atoms with E-state index in [0.717, 1.165) is 25.7 Å². The van der Waals surface area contributed by atoms with Gasteiger partial charge in [-0.05, 0) is 31.0 Å². The van der Waals surface area contributed by atoms with Gasteiger partial charge in [0.15, 0.2) is 13.5 Å². The van der Waals surface area contributed by atoms with Gasteiger partial charge in [-0.3, -0.25) is 0 Å². The lowest BCUT2D eigenvalue weighted by atomic mass is 9.94. The summed E-state index contributed by atoms with van der Waals surface area (Å²) in [4.78, 5) is 23.0. The van der Waals surface area contributed by atoms with Crippen molar-refractivity contribution in [3.8, 4) is 0 Å². The molecule has 1 heterocycles. The Morgan fingerprint density at radius 3 is 2.35 bits per heavy atom. The molecule has 1 aliphatic carbocycles. The number of rotatable bonds is 1. The Labute approximate surface area is 117 Å². The van der Waals surface area contributed by atoms with Crippen LogP contribution in [0.25, 0.3) is 0 Å². The quantitative estimate of drug-likeness (QED) is 0.741. The lowest BCUT2D eigenvalue weighted by molar-refractivity contribution is -0.527. The Morgan fingerprint density at radius 2 is 1.70 bits per heavy atom. The zero-order chi connectivity index (χ0) is 13.8. The third kappa shape index (κ3) is 3.09. The van der Waals surface area contributed by atoms with E-state index < -0.39 is 5.79 Å². The highest BCUT2D eigenvalue weighted by Gasteiger charge is 2.38. The summed E-state index contributed by atoms with van der Waals surface area (Å²) in [5.74, 6) is -1.10. The van der Waals surface area contributed by atoms with Gasteiger partial charge in [0.1, 0.15) is 5.82 Å². The Hall–Kier alpha value is -1.21. The van der Waals surface area contributed by atoms with E-state index in [1.54, 1.807) is 17.0 Å². The van der Waals surface area contributed by atoms with Crippen LogP contribution >= 0.6 is 0 Å². The van der Waals surface area contributed by atoms with E-state index in [1.165, 1.54) is 18.6 Å². The van der Waals surface area contributed by atoms with Crippen molar-refractivity contribution in [1.82, 2.24) is 0 Å². The molecule has 5 nitrogen and oxygen atoms in total. The van der Waals surface area contributed by atoms with E-state index in [-0.39, 0.29) is 19.3 Å². The molecule has 1 aliphatic heterocycles. The zero-order valence-electron chi connectivity index (χ0n) is 11.2. The van der Waals surface area contributed by atoms with Crippen molar-refractivity contribution >= 4 is 5.69 Å². The Bertz CT molecular complexity index is 439. The molecule has 0 amide bonds. The maximum absolute atomic E-state index is 13.2. The second kappa shape index (κ2) is 6.05. The van der Waals surface area contributed by atoms with E-state index in [4.69, 9.17) is 19.6 Å². The first-order chi connectivity index (χ1) is 9.77. The molecule has 1 saturated heterocycles. The summed E-state index contributed by atoms with van der Waals surface area (Å²) < 4.78 is 13.2. The highest BCUT2D eigenvalue weighted by atomic mass is 19.1. The minimum absolute atomic E-state index is 0.161. The number of halogens is 1. The standard InChI is InChI=1S/C14H18FNO4/c15-12-5-4-6-13(9-12)16-10-17-19-14(20-18-11-16)7-2-1-3-8-14/h4-6,9H,1-3,7-8,10-11H2. The highest BCUT2D eigenvalue weighted by molar-refractivity contribution is 5.45. The third-order valence-electron chi connectivity index (χ3n) is 3.63. The predicted octanol–water partition coefficient (Wildman–Crippen LogP) is 3.12. The highest BCUT2D eigenvalue weighted by Crippen LogP contribution is 2.34. The molecular weight excluding hydrogens is 265 g/mol. The first kappa shape index (κ1) is 13.8. The summed E-state index contributed by atoms with van der Waals surface area (Å²) >= 11 is 0. The summed E-state index contributed by atoms with van der Waals surface area (Å²) in [6.45, 7) is 0.323. The summed E-state index contributed by atoms with van der Waals surface area (Å²) in [5, 5.41) is 0. The lowest BCUT2D eigenvalue weighted by Gasteiger charge is -2.37. The van der Waals surface area contributed by atoms with Crippen molar-refractivity contribution < 1.29 is 23.9 Å². The SMILES string of the molecule is Fc1cccc(N2COOC3(CCCCC3)OOC2)c1. The maximum Gasteiger partial charge on any atom is 0.234 e. The average Bonchev–Trinajstić information content (AvgIpc) is 2.44. The van der Waals surface area contributed by atoms with E-state index in [1.807, 2.05) is 0 Å². The molecular formula is C14H18FNO4. The molecule has 0 radical (unpaired) electrons. The fourth-order valence-electron chi connectivity index (χ4n) is 2.52. The molecule has 20 heavy (non-hydrogen) atoms. The number of hydrogen-bond acceptors (Lipinski definition) is 5. The van der Waals surface area contributed by atoms with Crippen LogP contribution in [0.1, 0.15) is 32.1 Å². The fraction of sp³-hybridized carbons (Fsp3) is 0.571. The smallest absolute Gasteiger partial charge is 0.234 e. The van der Waals surface area contributed by atoms with Crippen LogP contribution in [0.4, 0.5) is 10.1 Å². The van der Waals surface area contributed by atoms with Gasteiger partial charge in [-0.25, -0.2) is 14.2 Å². The van der Waals surface area contributed by atoms with Crippen molar-refractivity contribution in [2.75, 3.05) is 18.4 Å². The second-order valence-corrected chi connectivity index (χ2v) is 5.15. The van der Waals surface area contributed by atoms with Crippen LogP contribution in [0.3, 0.4) is 0 Å². The van der Waals surface area contributed by atoms with Crippen LogP contribution in [0.15, 0.2) is 24.3 Å². The van der Waals surface area contributed by atoms with Crippen LogP contribution in [-0.2, 0) is 19.6 Å². The predicted molar refractivity (Wildman–Crippen MR) is 68.8 cm³/mol. The van der Waals surface area contributed by atoms with E-state index in [0.29, 0.717) is 5.69 Å². The van der Waals surface area contributed by atoms with Gasteiger partial charge in [0.2, 0.25) is 5.79 Å². The molecule has 2 aliphatic rings. The fourth-order valence-corrected chi connectivity index (χ4v) is 2.52. The maximum atomic E-state index is 13.2. The summed E-state index contributed by atoms with van der Waals surface area (Å²) in [5.41, 5.74) is 0.650. The minimum Gasteiger partial charge on any atom is -0.320 e. The largest absolute Gasteiger partial charge is 0.320 e. The van der Waals surface area contributed by atoms with Gasteiger partial charge in [-0.1, -0.05) is 12.5 Å². The van der Waals surface area contributed by atoms with Gasteiger partial charge < -0.3 is 4.90 Å². The first-order valence-corrected chi connectivity index (χ1v) is 6.89. The monoisotopic (exact) mass is 283 g/mol. The van der Waals surface area contributed by atoms with Crippen molar-refractivity contribution in [2.24, 2.45) is 0 Å². The number of nitrogens with zero attached hydrogens (tertiary/aromatic N) is 1. The molecule has 1 aromatic carbocycles. The molecule has 0 atom stereocenters. The van der Waals surface area contributed by atoms with Gasteiger partial charge in [0, 0.05) is 18.5 Å². The molecule has 6 heteroatoms. The molecule has 0 bridgehead atoms. The van der Waals surface area contributed by atoms with Crippen LogP contribution in [0.5, 0.6) is 0 Å². The average molecular weight is 283 g/mol. The van der Waals surface area contributed by atoms with Crippen molar-refractivity contribution in [1.29, 1.82) is 0 Å². The molecule has 110 valence electrons. The summed E-state index contributed by atoms with van der Waals surface area (Å²) in [7, 11) is 0. The number of anilines is 1. The van der Waals surface area contributed by atoms with Crippen LogP contribution < -0.4 is 4.90 Å². The Balaban J connectivity index is 1.63. The van der Waals surface area contributed by atoms with Crippen molar-refractivity contribution in [3.05, 3.63) is 30.1 Å². The van der Waals surface area contributed by atoms with E-state index in [9.17, 15) is 4.39 Å². The van der Waals surface area contributed by atoms with Gasteiger partial charge in [0.05, 0.1) is 0 Å². The summed E-state index contributed by atoms with van der Waals surface area (Å²) in [6, 6.07) is 6.20. The van der Waals surface area contributed by atoms with E-state index in [2.05, 4.69) is 0 Å². The first-order valence-electron chi connectivity index (χ1n) is 6.89. The normalized spacial score (nSPS) is 23.4. The molecule has 0 aromatic heterocycles. The molecule has 2 fully saturated rings. The zero-order valence-corrected chi connectivity index (χ0v) is 11.2. The topological polar surface area (TPSA) is 40.2 Å². The van der Waals surface area contributed by atoms with Crippen molar-refractivity contribution in [2.45, 2.75) is 37.9 Å². The molecule has 1 spiro atoms. The lowest BCUT2D eigenvalue weighted by Crippen LogP contribution is -2.44.